The highest BCUT2D eigenvalue weighted by Gasteiger charge is 2.29. The summed E-state index contributed by atoms with van der Waals surface area (Å²) in [6.07, 6.45) is 3.89. The van der Waals surface area contributed by atoms with Crippen LogP contribution in [0.25, 0.3) is 11.4 Å². The lowest BCUT2D eigenvalue weighted by molar-refractivity contribution is 0.716. The molecular weight excluding hydrogens is 256 g/mol. The summed E-state index contributed by atoms with van der Waals surface area (Å²) < 4.78 is 2.22. The monoisotopic (exact) mass is 266 g/mol. The number of hydrogen-bond donors (Lipinski definition) is 0. The van der Waals surface area contributed by atoms with Gasteiger partial charge in [-0.1, -0.05) is 48.0 Å². The van der Waals surface area contributed by atoms with E-state index in [2.05, 4.69) is 45.9 Å². The van der Waals surface area contributed by atoms with Crippen LogP contribution in [-0.4, -0.2) is 9.55 Å². The molecule has 2 nitrogen and oxygen atoms in total. The van der Waals surface area contributed by atoms with E-state index in [1.165, 1.54) is 16.7 Å². The standard InChI is InChI=1S/C16H11ClN2/c17-12-7-5-11(6-8-12)15-13-3-1-2-4-14(13)16-18-9-10-19(15)16/h1-10,15H/t15-/m1/s1. The van der Waals surface area contributed by atoms with Crippen molar-refractivity contribution in [2.45, 2.75) is 6.04 Å². The van der Waals surface area contributed by atoms with Crippen molar-refractivity contribution in [1.29, 1.82) is 0 Å². The summed E-state index contributed by atoms with van der Waals surface area (Å²) in [7, 11) is 0. The van der Waals surface area contributed by atoms with Gasteiger partial charge in [-0.05, 0) is 23.3 Å². The minimum atomic E-state index is 0.200. The quantitative estimate of drug-likeness (QED) is 0.506. The van der Waals surface area contributed by atoms with Gasteiger partial charge in [0.25, 0.3) is 0 Å². The number of rotatable bonds is 1. The summed E-state index contributed by atoms with van der Waals surface area (Å²) in [5.41, 5.74) is 3.74. The first kappa shape index (κ1) is 10.8. The van der Waals surface area contributed by atoms with Crippen molar-refractivity contribution in [2.24, 2.45) is 0 Å². The van der Waals surface area contributed by atoms with Gasteiger partial charge >= 0.3 is 0 Å². The van der Waals surface area contributed by atoms with Crippen LogP contribution >= 0.6 is 11.6 Å². The van der Waals surface area contributed by atoms with Gasteiger partial charge in [-0.25, -0.2) is 4.98 Å². The zero-order valence-corrected chi connectivity index (χ0v) is 10.9. The molecule has 0 N–H and O–H groups in total. The van der Waals surface area contributed by atoms with Crippen molar-refractivity contribution in [3.8, 4) is 11.4 Å². The van der Waals surface area contributed by atoms with Gasteiger partial charge in [0.05, 0.1) is 6.04 Å². The molecule has 2 heterocycles. The molecule has 0 saturated carbocycles. The van der Waals surface area contributed by atoms with Crippen LogP contribution in [0.15, 0.2) is 60.9 Å². The molecule has 0 spiro atoms. The third-order valence-corrected chi connectivity index (χ3v) is 3.88. The number of halogens is 1. The van der Waals surface area contributed by atoms with E-state index in [9.17, 15) is 0 Å². The van der Waals surface area contributed by atoms with E-state index in [1.54, 1.807) is 0 Å². The van der Waals surface area contributed by atoms with Gasteiger partial charge in [-0.2, -0.15) is 0 Å². The first-order valence-corrected chi connectivity index (χ1v) is 6.60. The van der Waals surface area contributed by atoms with Crippen LogP contribution in [0.2, 0.25) is 5.02 Å². The normalized spacial score (nSPS) is 16.2. The average Bonchev–Trinajstić information content (AvgIpc) is 3.00. The van der Waals surface area contributed by atoms with Crippen LogP contribution in [-0.2, 0) is 0 Å². The van der Waals surface area contributed by atoms with Crippen molar-refractivity contribution < 1.29 is 0 Å². The van der Waals surface area contributed by atoms with Gasteiger partial charge in [0, 0.05) is 23.0 Å². The van der Waals surface area contributed by atoms with Crippen molar-refractivity contribution in [2.75, 3.05) is 0 Å². The fraction of sp³-hybridized carbons (Fsp3) is 0.0625. The predicted molar refractivity (Wildman–Crippen MR) is 76.4 cm³/mol. The largest absolute Gasteiger partial charge is 0.319 e. The van der Waals surface area contributed by atoms with Crippen LogP contribution in [0.4, 0.5) is 0 Å². The minimum Gasteiger partial charge on any atom is -0.319 e. The number of aromatic nitrogens is 2. The molecule has 92 valence electrons. The van der Waals surface area contributed by atoms with E-state index in [-0.39, 0.29) is 6.04 Å². The molecule has 1 aromatic heterocycles. The zero-order chi connectivity index (χ0) is 12.8. The maximum atomic E-state index is 5.98. The Hall–Kier alpha value is -2.06. The number of nitrogens with zero attached hydrogens (tertiary/aromatic N) is 2. The average molecular weight is 267 g/mol. The first-order chi connectivity index (χ1) is 9.34. The van der Waals surface area contributed by atoms with E-state index in [0.717, 1.165) is 10.8 Å². The molecule has 0 bridgehead atoms. The molecular formula is C16H11ClN2. The van der Waals surface area contributed by atoms with Crippen molar-refractivity contribution >= 4 is 11.6 Å². The second-order valence-corrected chi connectivity index (χ2v) is 5.14. The highest BCUT2D eigenvalue weighted by atomic mass is 35.5. The molecule has 0 saturated heterocycles. The summed E-state index contributed by atoms with van der Waals surface area (Å²) in [6.45, 7) is 0. The van der Waals surface area contributed by atoms with Crippen LogP contribution in [0.1, 0.15) is 17.2 Å². The van der Waals surface area contributed by atoms with E-state index in [0.29, 0.717) is 0 Å². The van der Waals surface area contributed by atoms with Crippen LogP contribution in [0.3, 0.4) is 0 Å². The first-order valence-electron chi connectivity index (χ1n) is 6.22. The summed E-state index contributed by atoms with van der Waals surface area (Å²) in [5.74, 6) is 1.04. The molecule has 0 amide bonds. The summed E-state index contributed by atoms with van der Waals surface area (Å²) >= 11 is 5.98. The number of fused-ring (bicyclic) bond motifs is 3. The second kappa shape index (κ2) is 3.97. The minimum absolute atomic E-state index is 0.200. The SMILES string of the molecule is Clc1ccc([C@@H]2c3ccccc3-c3nccn32)cc1. The van der Waals surface area contributed by atoms with Gasteiger partial charge in [-0.3, -0.25) is 0 Å². The van der Waals surface area contributed by atoms with E-state index in [1.807, 2.05) is 24.5 Å². The van der Waals surface area contributed by atoms with Crippen molar-refractivity contribution in [3.05, 3.63) is 77.1 Å². The van der Waals surface area contributed by atoms with Crippen molar-refractivity contribution in [1.82, 2.24) is 9.55 Å². The number of benzene rings is 2. The lowest BCUT2D eigenvalue weighted by Crippen LogP contribution is -2.06. The highest BCUT2D eigenvalue weighted by Crippen LogP contribution is 2.41. The second-order valence-electron chi connectivity index (χ2n) is 4.70. The molecule has 3 heteroatoms. The van der Waals surface area contributed by atoms with Gasteiger partial charge in [0.2, 0.25) is 0 Å². The maximum Gasteiger partial charge on any atom is 0.141 e. The van der Waals surface area contributed by atoms with Gasteiger partial charge in [-0.15, -0.1) is 0 Å². The Kier molecular flexibility index (Phi) is 2.26. The van der Waals surface area contributed by atoms with Gasteiger partial charge in [0.15, 0.2) is 0 Å². The summed E-state index contributed by atoms with van der Waals surface area (Å²) in [5, 5.41) is 0.765. The van der Waals surface area contributed by atoms with Crippen LogP contribution in [0, 0.1) is 0 Å². The molecule has 3 aromatic rings. The molecule has 4 rings (SSSR count). The van der Waals surface area contributed by atoms with E-state index in [4.69, 9.17) is 11.6 Å². The van der Waals surface area contributed by atoms with Gasteiger partial charge in [0.1, 0.15) is 5.82 Å². The molecule has 19 heavy (non-hydrogen) atoms. The van der Waals surface area contributed by atoms with Crippen LogP contribution in [0.5, 0.6) is 0 Å². The Balaban J connectivity index is 1.96. The highest BCUT2D eigenvalue weighted by molar-refractivity contribution is 6.30. The Bertz CT molecular complexity index is 743. The Morgan fingerprint density at radius 1 is 1.00 bits per heavy atom. The molecule has 0 radical (unpaired) electrons. The van der Waals surface area contributed by atoms with E-state index < -0.39 is 0 Å². The molecule has 0 aliphatic carbocycles. The smallest absolute Gasteiger partial charge is 0.141 e. The maximum absolute atomic E-state index is 5.98. The molecule has 0 unspecified atom stereocenters. The zero-order valence-electron chi connectivity index (χ0n) is 10.1. The Morgan fingerprint density at radius 2 is 1.79 bits per heavy atom. The Labute approximate surface area is 116 Å². The van der Waals surface area contributed by atoms with E-state index >= 15 is 0 Å². The lowest BCUT2D eigenvalue weighted by atomic mass is 9.98. The molecule has 1 atom stereocenters. The van der Waals surface area contributed by atoms with Gasteiger partial charge < -0.3 is 4.57 Å². The summed E-state index contributed by atoms with van der Waals surface area (Å²) in [6, 6.07) is 16.7. The predicted octanol–water partition coefficient (Wildman–Crippen LogP) is 4.15. The fourth-order valence-corrected chi connectivity index (χ4v) is 2.93. The number of hydrogen-bond acceptors (Lipinski definition) is 1. The topological polar surface area (TPSA) is 17.8 Å². The third-order valence-electron chi connectivity index (χ3n) is 3.63. The molecule has 1 aliphatic rings. The molecule has 0 fully saturated rings. The lowest BCUT2D eigenvalue weighted by Gasteiger charge is -2.15. The summed E-state index contributed by atoms with van der Waals surface area (Å²) in [4.78, 5) is 4.47. The van der Waals surface area contributed by atoms with Crippen LogP contribution < -0.4 is 0 Å². The number of imidazole rings is 1. The fourth-order valence-electron chi connectivity index (χ4n) is 2.80. The van der Waals surface area contributed by atoms with Crippen molar-refractivity contribution in [3.63, 3.8) is 0 Å². The Morgan fingerprint density at radius 3 is 2.63 bits per heavy atom. The molecule has 1 aliphatic heterocycles. The third kappa shape index (κ3) is 1.53. The molecule has 2 aromatic carbocycles.